The van der Waals surface area contributed by atoms with Gasteiger partial charge in [0, 0.05) is 29.0 Å². The van der Waals surface area contributed by atoms with Crippen LogP contribution in [-0.4, -0.2) is 44.3 Å². The van der Waals surface area contributed by atoms with Crippen molar-refractivity contribution >= 4 is 35.9 Å². The highest BCUT2D eigenvalue weighted by molar-refractivity contribution is 7.77. The molecule has 1 aromatic rings. The van der Waals surface area contributed by atoms with Gasteiger partial charge < -0.3 is 5.11 Å². The molecule has 1 aliphatic rings. The van der Waals surface area contributed by atoms with Gasteiger partial charge in [-0.05, 0) is 59.1 Å². The van der Waals surface area contributed by atoms with E-state index < -0.39 is 0 Å². The van der Waals surface area contributed by atoms with Crippen molar-refractivity contribution in [3.05, 3.63) is 40.6 Å². The number of thiophene rings is 1. The Morgan fingerprint density at radius 2 is 1.96 bits per heavy atom. The number of hydrogen-bond donors (Lipinski definition) is 2. The maximum Gasteiger partial charge on any atom is 0.245 e. The third-order valence-corrected chi connectivity index (χ3v) is 4.81. The summed E-state index contributed by atoms with van der Waals surface area (Å²) in [6.07, 6.45) is 9.34. The fraction of sp³-hybridized carbons (Fsp3) is 0.550. The number of nitrogens with zero attached hydrogens (tertiary/aromatic N) is 2. The second-order valence-electron chi connectivity index (χ2n) is 8.02. The topological polar surface area (TPSA) is 35.7 Å². The molecule has 1 N–H and O–H groups in total. The number of thiol groups is 1. The van der Waals surface area contributed by atoms with Gasteiger partial charge in [0.2, 0.25) is 12.4 Å². The molecular weight excluding hydrogens is 364 g/mol. The summed E-state index contributed by atoms with van der Waals surface area (Å²) in [7, 11) is 0. The van der Waals surface area contributed by atoms with E-state index >= 15 is 0 Å². The van der Waals surface area contributed by atoms with E-state index in [4.69, 9.17) is 9.94 Å². The zero-order valence-electron chi connectivity index (χ0n) is 16.8. The molecule has 0 bridgehead atoms. The fourth-order valence-electron chi connectivity index (χ4n) is 1.93. The van der Waals surface area contributed by atoms with Gasteiger partial charge in [0.1, 0.15) is 6.54 Å². The van der Waals surface area contributed by atoms with Crippen molar-refractivity contribution in [3.63, 3.8) is 0 Å². The molecule has 4 nitrogen and oxygen atoms in total. The van der Waals surface area contributed by atoms with E-state index in [-0.39, 0.29) is 17.9 Å². The van der Waals surface area contributed by atoms with Gasteiger partial charge in [0.15, 0.2) is 0 Å². The molecule has 0 radical (unpaired) electrons. The predicted molar refractivity (Wildman–Crippen MR) is 116 cm³/mol. The Labute approximate surface area is 168 Å². The van der Waals surface area contributed by atoms with Crippen LogP contribution in [0.4, 0.5) is 0 Å². The van der Waals surface area contributed by atoms with Crippen molar-refractivity contribution in [1.29, 1.82) is 0 Å². The van der Waals surface area contributed by atoms with Gasteiger partial charge in [-0.2, -0.15) is 0 Å². The largest absolute Gasteiger partial charge is 0.339 e. The maximum atomic E-state index is 9.16. The lowest BCUT2D eigenvalue weighted by atomic mass is 10.1. The van der Waals surface area contributed by atoms with E-state index in [1.807, 2.05) is 52.2 Å². The van der Waals surface area contributed by atoms with Crippen LogP contribution in [0.1, 0.15) is 52.8 Å². The summed E-state index contributed by atoms with van der Waals surface area (Å²) in [4.78, 5) is 6.74. The Morgan fingerprint density at radius 3 is 2.42 bits per heavy atom. The monoisotopic (exact) mass is 397 g/mol. The van der Waals surface area contributed by atoms with E-state index in [1.54, 1.807) is 15.8 Å². The molecular formula is C20H33N2O2S2+. The molecule has 2 heterocycles. The number of rotatable bonds is 4. The molecule has 0 spiro atoms. The van der Waals surface area contributed by atoms with Crippen molar-refractivity contribution in [2.45, 2.75) is 59.1 Å². The molecule has 0 fully saturated rings. The highest BCUT2D eigenvalue weighted by Crippen LogP contribution is 2.21. The van der Waals surface area contributed by atoms with Gasteiger partial charge >= 0.3 is 0 Å². The predicted octanol–water partition coefficient (Wildman–Crippen LogP) is 4.79. The Hall–Kier alpha value is -0.920. The van der Waals surface area contributed by atoms with Crippen LogP contribution in [0.2, 0.25) is 0 Å². The van der Waals surface area contributed by atoms with Gasteiger partial charge in [-0.3, -0.25) is 4.84 Å². The molecule has 6 heteroatoms. The minimum atomic E-state index is -0.172. The second-order valence-corrected chi connectivity index (χ2v) is 9.36. The third-order valence-electron chi connectivity index (χ3n) is 3.29. The summed E-state index contributed by atoms with van der Waals surface area (Å²) in [6, 6.07) is 4.12. The van der Waals surface area contributed by atoms with Crippen LogP contribution in [-0.2, 0) is 4.84 Å². The van der Waals surface area contributed by atoms with E-state index in [2.05, 4.69) is 48.6 Å². The maximum absolute atomic E-state index is 9.16. The fourth-order valence-corrected chi connectivity index (χ4v) is 2.80. The first-order valence-electron chi connectivity index (χ1n) is 8.82. The lowest BCUT2D eigenvalue weighted by Crippen LogP contribution is -2.39. The molecule has 0 aliphatic carbocycles. The summed E-state index contributed by atoms with van der Waals surface area (Å²) in [5.41, 5.74) is 0.850. The quantitative estimate of drug-likeness (QED) is 0.436. The van der Waals surface area contributed by atoms with Crippen LogP contribution in [0.5, 0.6) is 0 Å². The van der Waals surface area contributed by atoms with Crippen molar-refractivity contribution in [3.8, 4) is 0 Å². The SMILES string of the molecule is CC(C)(C)ON(S)C(C)(C)C.OC[N+]1=C(/C=C/c2cccs2)C=CCC1. The lowest BCUT2D eigenvalue weighted by molar-refractivity contribution is -0.562. The average molecular weight is 398 g/mol. The highest BCUT2D eigenvalue weighted by Gasteiger charge is 2.24. The summed E-state index contributed by atoms with van der Waals surface area (Å²) in [6.45, 7) is 13.1. The highest BCUT2D eigenvalue weighted by atomic mass is 32.1. The number of aliphatic hydroxyl groups excluding tert-OH is 1. The summed E-state index contributed by atoms with van der Waals surface area (Å²) in [5.74, 6) is 0. The number of aliphatic hydroxyl groups is 1. The van der Waals surface area contributed by atoms with Crippen LogP contribution < -0.4 is 0 Å². The van der Waals surface area contributed by atoms with Gasteiger partial charge in [-0.1, -0.05) is 25.0 Å². The Bertz CT molecular complexity index is 621. The number of allylic oxidation sites excluding steroid dienone is 2. The molecule has 2 rings (SSSR count). The molecule has 1 aliphatic heterocycles. The van der Waals surface area contributed by atoms with Gasteiger partial charge in [-0.25, -0.2) is 4.58 Å². The first-order valence-corrected chi connectivity index (χ1v) is 10.1. The van der Waals surface area contributed by atoms with Crippen molar-refractivity contribution in [2.24, 2.45) is 0 Å². The summed E-state index contributed by atoms with van der Waals surface area (Å²) >= 11 is 5.93. The Kier molecular flexibility index (Phi) is 9.27. The van der Waals surface area contributed by atoms with E-state index in [9.17, 15) is 0 Å². The zero-order valence-corrected chi connectivity index (χ0v) is 18.5. The molecule has 146 valence electrons. The molecule has 0 saturated heterocycles. The smallest absolute Gasteiger partial charge is 0.245 e. The molecule has 0 atom stereocenters. The van der Waals surface area contributed by atoms with E-state index in [1.165, 1.54) is 4.88 Å². The van der Waals surface area contributed by atoms with E-state index in [0.29, 0.717) is 0 Å². The zero-order chi connectivity index (χ0) is 19.8. The van der Waals surface area contributed by atoms with Crippen LogP contribution in [0.15, 0.2) is 35.7 Å². The van der Waals surface area contributed by atoms with Crippen molar-refractivity contribution < 1.29 is 14.5 Å². The van der Waals surface area contributed by atoms with Gasteiger partial charge in [0.05, 0.1) is 5.60 Å². The van der Waals surface area contributed by atoms with Crippen LogP contribution in [0.25, 0.3) is 6.08 Å². The second kappa shape index (κ2) is 10.4. The minimum absolute atomic E-state index is 0.0591. The summed E-state index contributed by atoms with van der Waals surface area (Å²) < 4.78 is 3.55. The molecule has 1 aromatic heterocycles. The standard InChI is InChI=1S/C12H14NOS.C8H19NOS/c14-10-13-8-2-1-4-11(13)6-7-12-5-3-9-15-12;1-7(2,3)9(11)10-8(4,5)6/h1,3-7,9,14H,2,8,10H2;11H,1-6H3/q+1;/b7-6+;. The Morgan fingerprint density at radius 1 is 1.27 bits per heavy atom. The van der Waals surface area contributed by atoms with Gasteiger partial charge in [-0.15, -0.1) is 15.8 Å². The summed E-state index contributed by atoms with van der Waals surface area (Å²) in [5, 5.41) is 11.2. The normalized spacial score (nSPS) is 15.6. The van der Waals surface area contributed by atoms with Crippen LogP contribution in [0.3, 0.4) is 0 Å². The molecule has 0 unspecified atom stereocenters. The number of hydroxylamine groups is 1. The van der Waals surface area contributed by atoms with Crippen LogP contribution in [0, 0.1) is 0 Å². The van der Waals surface area contributed by atoms with Gasteiger partial charge in [0.25, 0.3) is 0 Å². The van der Waals surface area contributed by atoms with Crippen molar-refractivity contribution in [1.82, 2.24) is 4.47 Å². The van der Waals surface area contributed by atoms with E-state index in [0.717, 1.165) is 18.7 Å². The molecule has 0 amide bonds. The first-order chi connectivity index (χ1) is 12.0. The molecule has 26 heavy (non-hydrogen) atoms. The Balaban J connectivity index is 0.000000276. The molecule has 0 saturated carbocycles. The molecule has 0 aromatic carbocycles. The van der Waals surface area contributed by atoms with Crippen molar-refractivity contribution in [2.75, 3.05) is 13.3 Å². The first kappa shape index (κ1) is 23.1. The number of hydrogen-bond acceptors (Lipinski definition) is 5. The lowest BCUT2D eigenvalue weighted by Gasteiger charge is -2.34. The average Bonchev–Trinajstić information content (AvgIpc) is 3.05. The minimum Gasteiger partial charge on any atom is -0.339 e. The third kappa shape index (κ3) is 9.14. The van der Waals surface area contributed by atoms with Crippen LogP contribution >= 0.6 is 24.2 Å².